The number of aliphatic hydroxyl groups excluding tert-OH is 1. The fourth-order valence-electron chi connectivity index (χ4n) is 9.96. The predicted octanol–water partition coefficient (Wildman–Crippen LogP) is 4.30. The quantitative estimate of drug-likeness (QED) is 0.588. The van der Waals surface area contributed by atoms with Crippen molar-refractivity contribution in [1.82, 2.24) is 4.90 Å². The second kappa shape index (κ2) is 8.55. The average Bonchev–Trinajstić information content (AvgIpc) is 3.37. The van der Waals surface area contributed by atoms with Crippen LogP contribution >= 0.6 is 0 Å². The van der Waals surface area contributed by atoms with E-state index < -0.39 is 46.5 Å². The number of carbonyl (C=O) groups excluding carboxylic acids is 2. The van der Waals surface area contributed by atoms with Gasteiger partial charge in [-0.15, -0.1) is 0 Å². The summed E-state index contributed by atoms with van der Waals surface area (Å²) in [5.74, 6) is -0.384. The van der Waals surface area contributed by atoms with Crippen molar-refractivity contribution in [3.8, 4) is 0 Å². The maximum Gasteiger partial charge on any atom is 0.181 e. The van der Waals surface area contributed by atoms with E-state index in [1.54, 1.807) is 12.2 Å². The van der Waals surface area contributed by atoms with Gasteiger partial charge in [0, 0.05) is 22.7 Å². The van der Waals surface area contributed by atoms with Crippen LogP contribution in [0.25, 0.3) is 0 Å². The molecule has 6 fully saturated rings. The minimum absolute atomic E-state index is 0.0508. The van der Waals surface area contributed by atoms with Crippen LogP contribution in [-0.2, 0) is 19.1 Å². The molecule has 4 saturated carbocycles. The molecule has 0 spiro atoms. The Morgan fingerprint density at radius 3 is 2.61 bits per heavy atom. The highest BCUT2D eigenvalue weighted by Gasteiger charge is 2.79. The molecule has 0 amide bonds. The first-order valence-electron chi connectivity index (χ1n) is 15.0. The van der Waals surface area contributed by atoms with Gasteiger partial charge in [-0.05, 0) is 83.0 Å². The highest BCUT2D eigenvalue weighted by Crippen LogP contribution is 2.72. The molecule has 0 aromatic rings. The second-order valence-electron chi connectivity index (χ2n) is 13.8. The summed E-state index contributed by atoms with van der Waals surface area (Å²) in [6, 6.07) is 0. The number of likely N-dealkylation sites (tertiary alicyclic amines) is 1. The molecule has 5 aliphatic carbocycles. The number of aliphatic hydroxyl groups is 1. The zero-order valence-electron chi connectivity index (χ0n) is 22.8. The Kier molecular flexibility index (Phi) is 5.75. The van der Waals surface area contributed by atoms with Gasteiger partial charge in [0.1, 0.15) is 0 Å². The van der Waals surface area contributed by atoms with Gasteiger partial charge < -0.3 is 14.6 Å². The number of ether oxygens (including phenoxy) is 2. The maximum absolute atomic E-state index is 17.6. The zero-order chi connectivity index (χ0) is 26.5. The molecule has 0 unspecified atom stereocenters. The third-order valence-electron chi connectivity index (χ3n) is 12.2. The van der Waals surface area contributed by atoms with Crippen LogP contribution in [0.3, 0.4) is 0 Å². The Balaban J connectivity index is 1.28. The summed E-state index contributed by atoms with van der Waals surface area (Å²) in [6.07, 6.45) is 11.2. The number of hydrogen-bond acceptors (Lipinski definition) is 6. The number of alkyl halides is 1. The number of fused-ring (bicyclic) bond motifs is 7. The van der Waals surface area contributed by atoms with Crippen LogP contribution in [0.4, 0.5) is 4.39 Å². The lowest BCUT2D eigenvalue weighted by molar-refractivity contribution is -0.235. The highest BCUT2D eigenvalue weighted by atomic mass is 19.1. The van der Waals surface area contributed by atoms with Gasteiger partial charge in [0.15, 0.2) is 29.1 Å². The molecular weight excluding hydrogens is 485 g/mol. The van der Waals surface area contributed by atoms with Crippen molar-refractivity contribution in [3.05, 3.63) is 23.8 Å². The van der Waals surface area contributed by atoms with Crippen molar-refractivity contribution in [2.24, 2.45) is 28.6 Å². The number of ketones is 2. The average molecular weight is 528 g/mol. The Hall–Kier alpha value is -1.41. The van der Waals surface area contributed by atoms with Gasteiger partial charge in [0.2, 0.25) is 0 Å². The van der Waals surface area contributed by atoms with Crippen molar-refractivity contribution in [3.63, 3.8) is 0 Å². The molecule has 0 aromatic carbocycles. The van der Waals surface area contributed by atoms with Crippen LogP contribution in [0.15, 0.2) is 23.8 Å². The van der Waals surface area contributed by atoms with Gasteiger partial charge in [0.25, 0.3) is 0 Å². The number of halogens is 1. The summed E-state index contributed by atoms with van der Waals surface area (Å²) in [6.45, 7) is 6.08. The minimum atomic E-state index is -1.92. The molecule has 208 valence electrons. The normalized spacial score (nSPS) is 50.5. The van der Waals surface area contributed by atoms with Crippen molar-refractivity contribution in [2.75, 3.05) is 19.6 Å². The molecule has 7 heteroatoms. The van der Waals surface area contributed by atoms with E-state index in [0.717, 1.165) is 50.8 Å². The Labute approximate surface area is 225 Å². The van der Waals surface area contributed by atoms with E-state index in [-0.39, 0.29) is 29.8 Å². The molecule has 6 nitrogen and oxygen atoms in total. The summed E-state index contributed by atoms with van der Waals surface area (Å²) in [7, 11) is 0. The monoisotopic (exact) mass is 527 g/mol. The molecule has 0 aromatic heterocycles. The number of Topliss-reactive ketones (excluding diaryl/α,β-unsaturated/α-hetero) is 1. The third-order valence-corrected chi connectivity index (χ3v) is 12.2. The van der Waals surface area contributed by atoms with Crippen molar-refractivity contribution in [2.45, 2.75) is 108 Å². The van der Waals surface area contributed by atoms with E-state index in [0.29, 0.717) is 25.8 Å². The standard InChI is InChI=1S/C31H42FNO5/c1-28-12-11-21(34)15-20(28)9-10-22-23-16-26-31(25(36)18-33-13-6-14-33,29(23,2)17-24(35)30(22,28)32)38-27(37-26)19-7-4-3-5-8-19/h11-12,15,19,22-24,26-27,35H,3-10,13-14,16-18H2,1-2H3/t22-,23-,24-,26+,27+,28-,29-,30-,31+/m0/s1. The smallest absolute Gasteiger partial charge is 0.181 e. The topological polar surface area (TPSA) is 76.1 Å². The summed E-state index contributed by atoms with van der Waals surface area (Å²) in [4.78, 5) is 28.6. The molecule has 38 heavy (non-hydrogen) atoms. The van der Waals surface area contributed by atoms with Gasteiger partial charge >= 0.3 is 0 Å². The maximum atomic E-state index is 17.6. The number of rotatable bonds is 4. The molecule has 0 radical (unpaired) electrons. The van der Waals surface area contributed by atoms with E-state index in [1.165, 1.54) is 12.5 Å². The highest BCUT2D eigenvalue weighted by molar-refractivity contribution is 6.01. The summed E-state index contributed by atoms with van der Waals surface area (Å²) >= 11 is 0. The van der Waals surface area contributed by atoms with E-state index in [4.69, 9.17) is 9.47 Å². The molecular formula is C31H42FNO5. The van der Waals surface area contributed by atoms with Crippen molar-refractivity contribution in [1.29, 1.82) is 0 Å². The third kappa shape index (κ3) is 3.13. The molecule has 9 atom stereocenters. The SMILES string of the molecule is C[C@]12C=CC(=O)C=C1CC[C@H]1[C@@H]3C[C@H]4O[C@@H](C5CCCCC5)O[C@@]4(C(=O)CN4CCC4)[C@@]3(C)C[C@H](O)[C@@]12F. The predicted molar refractivity (Wildman–Crippen MR) is 139 cm³/mol. The number of carbonyl (C=O) groups is 2. The van der Waals surface area contributed by atoms with E-state index in [9.17, 15) is 14.7 Å². The summed E-state index contributed by atoms with van der Waals surface area (Å²) in [5, 5.41) is 11.8. The molecule has 0 bridgehead atoms. The van der Waals surface area contributed by atoms with Crippen LogP contribution in [0.2, 0.25) is 0 Å². The van der Waals surface area contributed by atoms with Crippen molar-refractivity contribution < 1.29 is 28.6 Å². The van der Waals surface area contributed by atoms with E-state index in [2.05, 4.69) is 11.8 Å². The van der Waals surface area contributed by atoms with E-state index >= 15 is 4.39 Å². The largest absolute Gasteiger partial charge is 0.390 e. The van der Waals surface area contributed by atoms with Gasteiger partial charge in [-0.3, -0.25) is 14.5 Å². The molecule has 7 rings (SSSR count). The Morgan fingerprint density at radius 1 is 1.13 bits per heavy atom. The van der Waals surface area contributed by atoms with Gasteiger partial charge in [-0.2, -0.15) is 0 Å². The fraction of sp³-hybridized carbons (Fsp3) is 0.806. The molecule has 1 N–H and O–H groups in total. The first kappa shape index (κ1) is 25.6. The van der Waals surface area contributed by atoms with Gasteiger partial charge in [-0.1, -0.05) is 37.8 Å². The first-order valence-corrected chi connectivity index (χ1v) is 15.0. The molecule has 7 aliphatic rings. The van der Waals surface area contributed by atoms with Crippen LogP contribution < -0.4 is 0 Å². The Morgan fingerprint density at radius 2 is 1.89 bits per heavy atom. The van der Waals surface area contributed by atoms with Crippen LogP contribution in [-0.4, -0.2) is 71.0 Å². The molecule has 2 aliphatic heterocycles. The van der Waals surface area contributed by atoms with Crippen LogP contribution in [0.5, 0.6) is 0 Å². The van der Waals surface area contributed by atoms with Crippen molar-refractivity contribution >= 4 is 11.6 Å². The Bertz CT molecular complexity index is 1100. The first-order chi connectivity index (χ1) is 18.1. The molecule has 2 saturated heterocycles. The number of allylic oxidation sites excluding steroid dienone is 4. The van der Waals surface area contributed by atoms with E-state index in [1.807, 2.05) is 6.92 Å². The molecule has 2 heterocycles. The number of hydrogen-bond donors (Lipinski definition) is 1. The van der Waals surface area contributed by atoms with Crippen LogP contribution in [0.1, 0.15) is 78.1 Å². The lowest BCUT2D eigenvalue weighted by Gasteiger charge is -2.62. The summed E-state index contributed by atoms with van der Waals surface area (Å²) < 4.78 is 31.2. The summed E-state index contributed by atoms with van der Waals surface area (Å²) in [5.41, 5.74) is -4.06. The lowest BCUT2D eigenvalue weighted by Crippen LogP contribution is -2.70. The lowest BCUT2D eigenvalue weighted by atomic mass is 9.44. The minimum Gasteiger partial charge on any atom is -0.390 e. The second-order valence-corrected chi connectivity index (χ2v) is 13.8. The fourth-order valence-corrected chi connectivity index (χ4v) is 9.96. The van der Waals surface area contributed by atoms with Crippen LogP contribution in [0, 0.1) is 28.6 Å². The van der Waals surface area contributed by atoms with Gasteiger partial charge in [0.05, 0.1) is 18.8 Å². The number of nitrogens with zero attached hydrogens (tertiary/aromatic N) is 1. The van der Waals surface area contributed by atoms with Gasteiger partial charge in [-0.25, -0.2) is 4.39 Å². The zero-order valence-corrected chi connectivity index (χ0v) is 22.8.